The molecule has 4 heterocycles. The van der Waals surface area contributed by atoms with Crippen LogP contribution in [-0.4, -0.2) is 32.4 Å². The van der Waals surface area contributed by atoms with Crippen molar-refractivity contribution in [2.75, 3.05) is 13.2 Å². The summed E-state index contributed by atoms with van der Waals surface area (Å²) < 4.78 is 14.7. The summed E-state index contributed by atoms with van der Waals surface area (Å²) in [5.74, 6) is 1.45. The van der Waals surface area contributed by atoms with E-state index in [4.69, 9.17) is 14.6 Å². The maximum Gasteiger partial charge on any atom is 0.261 e. The van der Waals surface area contributed by atoms with Crippen LogP contribution in [0.25, 0.3) is 27.7 Å². The molecule has 0 bridgehead atoms. The van der Waals surface area contributed by atoms with Gasteiger partial charge in [-0.2, -0.15) is 5.10 Å². The lowest BCUT2D eigenvalue weighted by molar-refractivity contribution is 0.171. The second-order valence-corrected chi connectivity index (χ2v) is 7.85. The van der Waals surface area contributed by atoms with Crippen LogP contribution in [0.2, 0.25) is 0 Å². The van der Waals surface area contributed by atoms with Crippen LogP contribution in [0.1, 0.15) is 11.3 Å². The molecule has 0 aliphatic carbocycles. The molecule has 7 heteroatoms. The van der Waals surface area contributed by atoms with Gasteiger partial charge >= 0.3 is 0 Å². The molecule has 0 saturated heterocycles. The van der Waals surface area contributed by atoms with Crippen molar-refractivity contribution in [2.45, 2.75) is 13.5 Å². The van der Waals surface area contributed by atoms with Gasteiger partial charge in [0, 0.05) is 18.0 Å². The van der Waals surface area contributed by atoms with Crippen LogP contribution >= 0.6 is 0 Å². The number of nitrogens with zero attached hydrogens (tertiary/aromatic N) is 4. The van der Waals surface area contributed by atoms with Crippen LogP contribution in [0.15, 0.2) is 71.8 Å². The molecule has 1 aliphatic rings. The highest BCUT2D eigenvalue weighted by Crippen LogP contribution is 2.31. The summed E-state index contributed by atoms with van der Waals surface area (Å²) in [5.41, 5.74) is 5.24. The number of rotatable bonds is 3. The molecular formula is C25H20N4O3. The molecule has 0 amide bonds. The van der Waals surface area contributed by atoms with Crippen molar-refractivity contribution in [3.05, 3.63) is 88.6 Å². The zero-order valence-electron chi connectivity index (χ0n) is 17.5. The number of benzene rings is 2. The minimum atomic E-state index is -0.110. The van der Waals surface area contributed by atoms with Crippen LogP contribution in [0, 0.1) is 6.92 Å². The quantitative estimate of drug-likeness (QED) is 0.440. The monoisotopic (exact) mass is 424 g/mol. The molecule has 0 radical (unpaired) electrons. The minimum absolute atomic E-state index is 0.110. The number of aryl methyl sites for hydroxylation is 1. The number of fused-ring (bicyclic) bond motifs is 4. The molecule has 0 unspecified atom stereocenters. The summed E-state index contributed by atoms with van der Waals surface area (Å²) in [4.78, 5) is 17.9. The zero-order chi connectivity index (χ0) is 21.7. The Morgan fingerprint density at radius 1 is 1.00 bits per heavy atom. The number of hydrogen-bond donors (Lipinski definition) is 0. The predicted molar refractivity (Wildman–Crippen MR) is 121 cm³/mol. The number of pyridine rings is 1. The Balaban J connectivity index is 1.44. The van der Waals surface area contributed by atoms with Crippen LogP contribution in [0.5, 0.6) is 11.5 Å². The fraction of sp³-hybridized carbons (Fsp3) is 0.160. The van der Waals surface area contributed by atoms with Gasteiger partial charge in [-0.25, -0.2) is 9.50 Å². The van der Waals surface area contributed by atoms with Gasteiger partial charge in [-0.05, 0) is 36.2 Å². The van der Waals surface area contributed by atoms with Gasteiger partial charge in [0.1, 0.15) is 13.2 Å². The van der Waals surface area contributed by atoms with Crippen molar-refractivity contribution in [1.29, 1.82) is 0 Å². The Morgan fingerprint density at radius 2 is 1.81 bits per heavy atom. The molecule has 2 aromatic carbocycles. The molecular weight excluding hydrogens is 404 g/mol. The van der Waals surface area contributed by atoms with E-state index >= 15 is 0 Å². The molecule has 0 spiro atoms. The molecule has 158 valence electrons. The highest BCUT2D eigenvalue weighted by Gasteiger charge is 2.17. The van der Waals surface area contributed by atoms with E-state index in [0.717, 1.165) is 39.3 Å². The van der Waals surface area contributed by atoms with Crippen molar-refractivity contribution in [2.24, 2.45) is 0 Å². The van der Waals surface area contributed by atoms with E-state index in [2.05, 4.69) is 4.98 Å². The highest BCUT2D eigenvalue weighted by molar-refractivity contribution is 5.86. The first-order chi connectivity index (χ1) is 15.7. The summed E-state index contributed by atoms with van der Waals surface area (Å²) in [6, 6.07) is 17.7. The summed E-state index contributed by atoms with van der Waals surface area (Å²) >= 11 is 0. The highest BCUT2D eigenvalue weighted by atomic mass is 16.6. The van der Waals surface area contributed by atoms with Crippen LogP contribution < -0.4 is 15.0 Å². The molecule has 7 nitrogen and oxygen atoms in total. The number of ether oxygens (including phenoxy) is 2. The number of hydrogen-bond acceptors (Lipinski definition) is 5. The molecule has 5 aromatic rings. The first kappa shape index (κ1) is 18.6. The second-order valence-electron chi connectivity index (χ2n) is 7.85. The third kappa shape index (κ3) is 2.93. The molecule has 3 aromatic heterocycles. The largest absolute Gasteiger partial charge is 0.486 e. The summed E-state index contributed by atoms with van der Waals surface area (Å²) in [7, 11) is 0. The van der Waals surface area contributed by atoms with Crippen molar-refractivity contribution in [3.63, 3.8) is 0 Å². The van der Waals surface area contributed by atoms with Gasteiger partial charge < -0.3 is 14.0 Å². The Kier molecular flexibility index (Phi) is 4.21. The molecule has 32 heavy (non-hydrogen) atoms. The lowest BCUT2D eigenvalue weighted by Gasteiger charge is -2.19. The Morgan fingerprint density at radius 3 is 2.66 bits per heavy atom. The van der Waals surface area contributed by atoms with Gasteiger partial charge in [0.25, 0.3) is 5.56 Å². The summed E-state index contributed by atoms with van der Waals surface area (Å²) in [6.45, 7) is 3.47. The van der Waals surface area contributed by atoms with E-state index in [-0.39, 0.29) is 5.56 Å². The molecule has 0 saturated carbocycles. The number of aromatic nitrogens is 4. The normalized spacial score (nSPS) is 13.0. The van der Waals surface area contributed by atoms with E-state index in [1.807, 2.05) is 61.5 Å². The fourth-order valence-corrected chi connectivity index (χ4v) is 4.27. The van der Waals surface area contributed by atoms with Gasteiger partial charge in [0.05, 0.1) is 23.1 Å². The lowest BCUT2D eigenvalue weighted by Crippen LogP contribution is -2.21. The van der Waals surface area contributed by atoms with Gasteiger partial charge in [0.2, 0.25) is 0 Å². The van der Waals surface area contributed by atoms with Gasteiger partial charge in [-0.3, -0.25) is 4.79 Å². The summed E-state index contributed by atoms with van der Waals surface area (Å²) in [6.07, 6.45) is 3.46. The third-order valence-electron chi connectivity index (χ3n) is 5.78. The van der Waals surface area contributed by atoms with Gasteiger partial charge in [-0.1, -0.05) is 36.4 Å². The first-order valence-corrected chi connectivity index (χ1v) is 10.5. The van der Waals surface area contributed by atoms with E-state index in [9.17, 15) is 4.79 Å². The average molecular weight is 424 g/mol. The smallest absolute Gasteiger partial charge is 0.261 e. The van der Waals surface area contributed by atoms with Gasteiger partial charge in [-0.15, -0.1) is 0 Å². The molecule has 0 fully saturated rings. The van der Waals surface area contributed by atoms with Crippen LogP contribution in [0.4, 0.5) is 0 Å². The Bertz CT molecular complexity index is 1540. The van der Waals surface area contributed by atoms with Crippen LogP contribution in [-0.2, 0) is 6.54 Å². The molecule has 0 atom stereocenters. The fourth-order valence-electron chi connectivity index (χ4n) is 4.27. The lowest BCUT2D eigenvalue weighted by atomic mass is 10.1. The Hall–Kier alpha value is -4.13. The van der Waals surface area contributed by atoms with E-state index in [1.54, 1.807) is 21.5 Å². The molecule has 1 aliphatic heterocycles. The van der Waals surface area contributed by atoms with Crippen molar-refractivity contribution in [3.8, 4) is 22.6 Å². The maximum absolute atomic E-state index is 13.3. The van der Waals surface area contributed by atoms with Crippen molar-refractivity contribution < 1.29 is 9.47 Å². The molecule has 6 rings (SSSR count). The van der Waals surface area contributed by atoms with Crippen molar-refractivity contribution in [1.82, 2.24) is 19.2 Å². The standard InChI is InChI=1S/C25H20N4O3/c1-16-23(18-5-3-2-4-6-18)24-26-14-19-20(29(24)27-16)9-10-28(25(19)30)15-17-7-8-21-22(13-17)32-12-11-31-21/h2-10,13-14H,11-12,15H2,1H3. The van der Waals surface area contributed by atoms with Crippen LogP contribution in [0.3, 0.4) is 0 Å². The van der Waals surface area contributed by atoms with E-state index < -0.39 is 0 Å². The predicted octanol–water partition coefficient (Wildman–Crippen LogP) is 3.84. The average Bonchev–Trinajstić information content (AvgIpc) is 3.17. The van der Waals surface area contributed by atoms with E-state index in [1.165, 1.54) is 0 Å². The SMILES string of the molecule is Cc1nn2c(ncc3c(=O)n(Cc4ccc5c(c4)OCCO5)ccc32)c1-c1ccccc1. The maximum atomic E-state index is 13.3. The second kappa shape index (κ2) is 7.23. The van der Waals surface area contributed by atoms with E-state index in [0.29, 0.717) is 30.9 Å². The van der Waals surface area contributed by atoms with Crippen molar-refractivity contribution >= 4 is 16.6 Å². The summed E-state index contributed by atoms with van der Waals surface area (Å²) in [5, 5.41) is 5.22. The molecule has 0 N–H and O–H groups in total. The minimum Gasteiger partial charge on any atom is -0.486 e. The zero-order valence-corrected chi connectivity index (χ0v) is 17.5. The Labute approximate surface area is 183 Å². The first-order valence-electron chi connectivity index (χ1n) is 10.5. The topological polar surface area (TPSA) is 70.7 Å². The third-order valence-corrected chi connectivity index (χ3v) is 5.78. The van der Waals surface area contributed by atoms with Gasteiger partial charge in [0.15, 0.2) is 17.1 Å².